The zero-order valence-corrected chi connectivity index (χ0v) is 12.2. The number of thiazole rings is 1. The Balaban J connectivity index is 2.87. The smallest absolute Gasteiger partial charge is 0.347 e. The number of hydrogen-bond acceptors (Lipinski definition) is 6. The highest BCUT2D eigenvalue weighted by Gasteiger charge is 2.23. The second-order valence-electron chi connectivity index (χ2n) is 4.59. The molecule has 19 heavy (non-hydrogen) atoms. The van der Waals surface area contributed by atoms with E-state index in [0.717, 1.165) is 11.3 Å². The van der Waals surface area contributed by atoms with Gasteiger partial charge in [-0.15, -0.1) is 0 Å². The van der Waals surface area contributed by atoms with E-state index in [0.29, 0.717) is 23.2 Å². The van der Waals surface area contributed by atoms with Crippen LogP contribution in [-0.2, 0) is 9.53 Å². The summed E-state index contributed by atoms with van der Waals surface area (Å²) in [5.74, 6) is -1.09. The maximum absolute atomic E-state index is 11.7. The van der Waals surface area contributed by atoms with Gasteiger partial charge in [0, 0.05) is 0 Å². The number of carboxylic acids is 1. The molecule has 1 rings (SSSR count). The van der Waals surface area contributed by atoms with E-state index in [-0.39, 0.29) is 10.8 Å². The monoisotopic (exact) mass is 286 g/mol. The van der Waals surface area contributed by atoms with Gasteiger partial charge < -0.3 is 15.2 Å². The van der Waals surface area contributed by atoms with Crippen molar-refractivity contribution in [3.63, 3.8) is 0 Å². The van der Waals surface area contributed by atoms with Crippen molar-refractivity contribution in [2.75, 3.05) is 12.4 Å². The third-order valence-electron chi connectivity index (χ3n) is 2.48. The molecule has 0 radical (unpaired) electrons. The van der Waals surface area contributed by atoms with Crippen LogP contribution >= 0.6 is 11.3 Å². The number of nitrogens with zero attached hydrogens (tertiary/aromatic N) is 1. The lowest BCUT2D eigenvalue weighted by molar-refractivity contribution is -0.141. The van der Waals surface area contributed by atoms with Crippen LogP contribution in [0.4, 0.5) is 5.13 Å². The quantitative estimate of drug-likeness (QED) is 0.779. The van der Waals surface area contributed by atoms with Gasteiger partial charge in [0.1, 0.15) is 10.9 Å². The van der Waals surface area contributed by atoms with Crippen LogP contribution in [0.1, 0.15) is 35.6 Å². The summed E-state index contributed by atoms with van der Waals surface area (Å²) in [7, 11) is 1.33. The third-order valence-corrected chi connectivity index (χ3v) is 3.56. The highest BCUT2D eigenvalue weighted by atomic mass is 32.1. The first-order valence-electron chi connectivity index (χ1n) is 5.90. The largest absolute Gasteiger partial charge is 0.477 e. The number of esters is 1. The fraction of sp³-hybridized carbons (Fsp3) is 0.583. The SMILES string of the molecule is COC(=O)C(CC(C)C)Nc1nc(C)c(C(=O)O)s1. The molecule has 0 spiro atoms. The summed E-state index contributed by atoms with van der Waals surface area (Å²) in [5, 5.41) is 12.3. The van der Waals surface area contributed by atoms with Gasteiger partial charge in [0.25, 0.3) is 0 Å². The van der Waals surface area contributed by atoms with Crippen molar-refractivity contribution in [1.29, 1.82) is 0 Å². The van der Waals surface area contributed by atoms with E-state index in [1.807, 2.05) is 13.8 Å². The second kappa shape index (κ2) is 6.51. The lowest BCUT2D eigenvalue weighted by Gasteiger charge is -2.17. The van der Waals surface area contributed by atoms with Crippen LogP contribution in [0, 0.1) is 12.8 Å². The molecule has 0 saturated carbocycles. The Bertz CT molecular complexity index is 470. The molecule has 0 aromatic carbocycles. The Hall–Kier alpha value is -1.63. The average molecular weight is 286 g/mol. The van der Waals surface area contributed by atoms with Gasteiger partial charge in [-0.2, -0.15) is 0 Å². The molecule has 1 heterocycles. The van der Waals surface area contributed by atoms with Crippen LogP contribution in [0.2, 0.25) is 0 Å². The van der Waals surface area contributed by atoms with Gasteiger partial charge in [-0.1, -0.05) is 25.2 Å². The highest BCUT2D eigenvalue weighted by Crippen LogP contribution is 2.24. The van der Waals surface area contributed by atoms with Gasteiger partial charge in [-0.05, 0) is 19.3 Å². The number of anilines is 1. The van der Waals surface area contributed by atoms with Crippen LogP contribution in [0.15, 0.2) is 0 Å². The first kappa shape index (κ1) is 15.4. The molecule has 0 amide bonds. The summed E-state index contributed by atoms with van der Waals surface area (Å²) in [6.07, 6.45) is 0.591. The predicted octanol–water partition coefficient (Wildman–Crippen LogP) is 2.15. The summed E-state index contributed by atoms with van der Waals surface area (Å²) < 4.78 is 4.73. The van der Waals surface area contributed by atoms with Crippen molar-refractivity contribution in [3.8, 4) is 0 Å². The standard InChI is InChI=1S/C12H18N2O4S/c1-6(2)5-8(11(17)18-4)14-12-13-7(3)9(19-12)10(15)16/h6,8H,5H2,1-4H3,(H,13,14)(H,15,16). The summed E-state index contributed by atoms with van der Waals surface area (Å²) in [4.78, 5) is 26.9. The Morgan fingerprint density at radius 2 is 2.11 bits per heavy atom. The summed E-state index contributed by atoms with van der Waals surface area (Å²) in [5.41, 5.74) is 0.438. The molecule has 0 bridgehead atoms. The molecule has 6 nitrogen and oxygen atoms in total. The van der Waals surface area contributed by atoms with Crippen LogP contribution in [0.3, 0.4) is 0 Å². The Morgan fingerprint density at radius 1 is 1.47 bits per heavy atom. The van der Waals surface area contributed by atoms with Crippen molar-refractivity contribution in [3.05, 3.63) is 10.6 Å². The predicted molar refractivity (Wildman–Crippen MR) is 72.7 cm³/mol. The molecule has 1 aromatic rings. The van der Waals surface area contributed by atoms with Crippen LogP contribution in [0.5, 0.6) is 0 Å². The van der Waals surface area contributed by atoms with E-state index in [2.05, 4.69) is 10.3 Å². The molecule has 1 aromatic heterocycles. The highest BCUT2D eigenvalue weighted by molar-refractivity contribution is 7.17. The van der Waals surface area contributed by atoms with Gasteiger partial charge in [-0.3, -0.25) is 0 Å². The topological polar surface area (TPSA) is 88.5 Å². The maximum atomic E-state index is 11.7. The molecule has 0 fully saturated rings. The lowest BCUT2D eigenvalue weighted by atomic mass is 10.0. The lowest BCUT2D eigenvalue weighted by Crippen LogP contribution is -2.32. The van der Waals surface area contributed by atoms with E-state index in [1.165, 1.54) is 7.11 Å². The first-order chi connectivity index (χ1) is 8.85. The zero-order valence-electron chi connectivity index (χ0n) is 11.4. The maximum Gasteiger partial charge on any atom is 0.347 e. The first-order valence-corrected chi connectivity index (χ1v) is 6.71. The number of hydrogen-bond donors (Lipinski definition) is 2. The number of ether oxygens (including phenoxy) is 1. The minimum atomic E-state index is -1.01. The minimum Gasteiger partial charge on any atom is -0.477 e. The van der Waals surface area contributed by atoms with Crippen LogP contribution < -0.4 is 5.32 Å². The van der Waals surface area contributed by atoms with Gasteiger partial charge in [0.2, 0.25) is 0 Å². The molecular formula is C12H18N2O4S. The van der Waals surface area contributed by atoms with E-state index in [1.54, 1.807) is 6.92 Å². The van der Waals surface area contributed by atoms with Crippen molar-refractivity contribution >= 4 is 28.4 Å². The fourth-order valence-corrected chi connectivity index (χ4v) is 2.49. The zero-order chi connectivity index (χ0) is 14.6. The van der Waals surface area contributed by atoms with Crippen molar-refractivity contribution in [1.82, 2.24) is 4.98 Å². The van der Waals surface area contributed by atoms with Crippen LogP contribution in [0.25, 0.3) is 0 Å². The number of aryl methyl sites for hydroxylation is 1. The number of carbonyl (C=O) groups excluding carboxylic acids is 1. The van der Waals surface area contributed by atoms with E-state index in [4.69, 9.17) is 9.84 Å². The van der Waals surface area contributed by atoms with Gasteiger partial charge in [0.05, 0.1) is 12.8 Å². The number of rotatable bonds is 6. The van der Waals surface area contributed by atoms with E-state index < -0.39 is 12.0 Å². The van der Waals surface area contributed by atoms with E-state index >= 15 is 0 Å². The minimum absolute atomic E-state index is 0.177. The molecule has 0 aliphatic rings. The van der Waals surface area contributed by atoms with Crippen molar-refractivity contribution in [2.24, 2.45) is 5.92 Å². The van der Waals surface area contributed by atoms with Crippen molar-refractivity contribution in [2.45, 2.75) is 33.2 Å². The number of aromatic carboxylic acids is 1. The Morgan fingerprint density at radius 3 is 2.53 bits per heavy atom. The second-order valence-corrected chi connectivity index (χ2v) is 5.59. The molecule has 0 aliphatic heterocycles. The average Bonchev–Trinajstić information content (AvgIpc) is 2.68. The molecule has 2 N–H and O–H groups in total. The number of aromatic nitrogens is 1. The molecule has 1 atom stereocenters. The molecule has 106 valence electrons. The Kier molecular flexibility index (Phi) is 5.29. The Labute approximate surface area is 115 Å². The fourth-order valence-electron chi connectivity index (χ4n) is 1.63. The number of carbonyl (C=O) groups is 2. The molecule has 7 heteroatoms. The molecule has 0 saturated heterocycles. The third kappa shape index (κ3) is 4.20. The number of methoxy groups -OCH3 is 1. The number of nitrogens with one attached hydrogen (secondary N) is 1. The molecular weight excluding hydrogens is 268 g/mol. The molecule has 1 unspecified atom stereocenters. The normalized spacial score (nSPS) is 12.3. The van der Waals surface area contributed by atoms with Gasteiger partial charge >= 0.3 is 11.9 Å². The number of carboxylic acid groups (broad SMARTS) is 1. The van der Waals surface area contributed by atoms with E-state index in [9.17, 15) is 9.59 Å². The summed E-state index contributed by atoms with van der Waals surface area (Å²) in [6, 6.07) is -0.516. The van der Waals surface area contributed by atoms with Gasteiger partial charge in [0.15, 0.2) is 5.13 Å². The van der Waals surface area contributed by atoms with Crippen molar-refractivity contribution < 1.29 is 19.4 Å². The van der Waals surface area contributed by atoms with Crippen LogP contribution in [-0.4, -0.2) is 35.2 Å². The summed E-state index contributed by atoms with van der Waals surface area (Å²) in [6.45, 7) is 5.61. The summed E-state index contributed by atoms with van der Waals surface area (Å²) >= 11 is 1.02. The molecule has 0 aliphatic carbocycles. The van der Waals surface area contributed by atoms with Gasteiger partial charge in [-0.25, -0.2) is 14.6 Å².